The monoisotopic (exact) mass is 407 g/mol. The van der Waals surface area contributed by atoms with Gasteiger partial charge in [0.1, 0.15) is 0 Å². The molecule has 2 rings (SSSR count). The second kappa shape index (κ2) is 6.29. The van der Waals surface area contributed by atoms with Crippen molar-refractivity contribution in [3.63, 3.8) is 0 Å². The van der Waals surface area contributed by atoms with E-state index in [1.54, 1.807) is 0 Å². The fourth-order valence-electron chi connectivity index (χ4n) is 1.47. The standard InChI is InChI=1S/C13H9Br2Cl2N/c14-11-4-3-10(6-13(11)17)18-7-8-1-2-9(16)5-12(8)15/h1-6,18H,7H2. The van der Waals surface area contributed by atoms with Gasteiger partial charge in [0.05, 0.1) is 5.02 Å². The van der Waals surface area contributed by atoms with Crippen molar-refractivity contribution in [2.75, 3.05) is 5.32 Å². The Kier molecular flexibility index (Phi) is 4.96. The molecule has 0 heterocycles. The predicted molar refractivity (Wildman–Crippen MR) is 85.6 cm³/mol. The maximum Gasteiger partial charge on any atom is 0.0568 e. The molecule has 0 unspecified atom stereocenters. The minimum Gasteiger partial charge on any atom is -0.381 e. The average molecular weight is 410 g/mol. The van der Waals surface area contributed by atoms with Crippen LogP contribution in [-0.2, 0) is 6.54 Å². The first-order chi connectivity index (χ1) is 8.56. The second-order valence-electron chi connectivity index (χ2n) is 3.72. The largest absolute Gasteiger partial charge is 0.381 e. The molecule has 0 aliphatic heterocycles. The van der Waals surface area contributed by atoms with Crippen molar-refractivity contribution in [2.45, 2.75) is 6.54 Å². The molecule has 0 fully saturated rings. The van der Waals surface area contributed by atoms with Crippen molar-refractivity contribution in [3.05, 3.63) is 61.0 Å². The highest BCUT2D eigenvalue weighted by Gasteiger charge is 2.02. The van der Waals surface area contributed by atoms with Crippen molar-refractivity contribution in [1.82, 2.24) is 0 Å². The summed E-state index contributed by atoms with van der Waals surface area (Å²) in [6.45, 7) is 0.704. The molecule has 2 aromatic carbocycles. The number of rotatable bonds is 3. The van der Waals surface area contributed by atoms with E-state index in [0.717, 1.165) is 25.2 Å². The van der Waals surface area contributed by atoms with Crippen molar-refractivity contribution in [1.29, 1.82) is 0 Å². The third-order valence-electron chi connectivity index (χ3n) is 2.42. The molecule has 0 aromatic heterocycles. The summed E-state index contributed by atoms with van der Waals surface area (Å²) in [4.78, 5) is 0. The molecule has 0 radical (unpaired) electrons. The lowest BCUT2D eigenvalue weighted by Gasteiger charge is -2.09. The van der Waals surface area contributed by atoms with Crippen LogP contribution < -0.4 is 5.32 Å². The van der Waals surface area contributed by atoms with Gasteiger partial charge in [-0.1, -0.05) is 45.2 Å². The van der Waals surface area contributed by atoms with Crippen LogP contribution in [0.4, 0.5) is 5.69 Å². The first-order valence-electron chi connectivity index (χ1n) is 5.19. The van der Waals surface area contributed by atoms with Gasteiger partial charge in [-0.15, -0.1) is 0 Å². The van der Waals surface area contributed by atoms with E-state index < -0.39 is 0 Å². The van der Waals surface area contributed by atoms with Gasteiger partial charge in [0, 0.05) is 26.2 Å². The Morgan fingerprint density at radius 2 is 1.72 bits per heavy atom. The highest BCUT2D eigenvalue weighted by Crippen LogP contribution is 2.27. The quantitative estimate of drug-likeness (QED) is 0.642. The van der Waals surface area contributed by atoms with E-state index in [4.69, 9.17) is 23.2 Å². The lowest BCUT2D eigenvalue weighted by molar-refractivity contribution is 1.14. The number of halogens is 4. The van der Waals surface area contributed by atoms with Crippen LogP contribution in [0.25, 0.3) is 0 Å². The summed E-state index contributed by atoms with van der Waals surface area (Å²) in [5, 5.41) is 4.72. The van der Waals surface area contributed by atoms with Gasteiger partial charge >= 0.3 is 0 Å². The minimum atomic E-state index is 0.690. The van der Waals surface area contributed by atoms with E-state index in [1.165, 1.54) is 0 Å². The van der Waals surface area contributed by atoms with Gasteiger partial charge in [0.2, 0.25) is 0 Å². The van der Waals surface area contributed by atoms with E-state index in [9.17, 15) is 0 Å². The summed E-state index contributed by atoms with van der Waals surface area (Å²) >= 11 is 18.8. The molecule has 0 saturated heterocycles. The molecule has 0 aliphatic carbocycles. The van der Waals surface area contributed by atoms with Crippen LogP contribution in [-0.4, -0.2) is 0 Å². The molecular weight excluding hydrogens is 401 g/mol. The summed E-state index contributed by atoms with van der Waals surface area (Å²) in [5.41, 5.74) is 2.11. The zero-order valence-corrected chi connectivity index (χ0v) is 13.9. The smallest absolute Gasteiger partial charge is 0.0568 e. The van der Waals surface area contributed by atoms with Gasteiger partial charge < -0.3 is 5.32 Å². The molecule has 94 valence electrons. The molecular formula is C13H9Br2Cl2N. The summed E-state index contributed by atoms with van der Waals surface area (Å²) in [5.74, 6) is 0. The van der Waals surface area contributed by atoms with Crippen LogP contribution in [0.1, 0.15) is 5.56 Å². The number of hydrogen-bond acceptors (Lipinski definition) is 1. The topological polar surface area (TPSA) is 12.0 Å². The van der Waals surface area contributed by atoms with Gasteiger partial charge in [-0.3, -0.25) is 0 Å². The van der Waals surface area contributed by atoms with E-state index in [1.807, 2.05) is 36.4 Å². The maximum atomic E-state index is 6.03. The van der Waals surface area contributed by atoms with Gasteiger partial charge in [-0.2, -0.15) is 0 Å². The Morgan fingerprint density at radius 3 is 2.39 bits per heavy atom. The molecule has 0 atom stereocenters. The molecule has 2 aromatic rings. The Morgan fingerprint density at radius 1 is 0.944 bits per heavy atom. The number of anilines is 1. The Hall–Kier alpha value is -0.220. The zero-order valence-electron chi connectivity index (χ0n) is 9.18. The fourth-order valence-corrected chi connectivity index (χ4v) is 2.72. The Bertz CT molecular complexity index is 573. The van der Waals surface area contributed by atoms with Crippen molar-refractivity contribution >= 4 is 60.7 Å². The molecule has 0 spiro atoms. The van der Waals surface area contributed by atoms with Gasteiger partial charge in [0.25, 0.3) is 0 Å². The van der Waals surface area contributed by atoms with Crippen molar-refractivity contribution in [2.24, 2.45) is 0 Å². The molecule has 0 amide bonds. The first kappa shape index (κ1) is 14.2. The second-order valence-corrected chi connectivity index (χ2v) is 6.27. The number of hydrogen-bond donors (Lipinski definition) is 1. The summed E-state index contributed by atoms with van der Waals surface area (Å²) in [6, 6.07) is 11.5. The van der Waals surface area contributed by atoms with Gasteiger partial charge in [-0.25, -0.2) is 0 Å². The predicted octanol–water partition coefficient (Wildman–Crippen LogP) is 6.13. The highest BCUT2D eigenvalue weighted by atomic mass is 79.9. The molecule has 1 nitrogen and oxygen atoms in total. The van der Waals surface area contributed by atoms with Crippen LogP contribution in [0.5, 0.6) is 0 Å². The SMILES string of the molecule is Clc1ccc(CNc2ccc(Br)c(Cl)c2)c(Br)c1. The van der Waals surface area contributed by atoms with Crippen LogP contribution in [0, 0.1) is 0 Å². The van der Waals surface area contributed by atoms with Crippen LogP contribution in [0.2, 0.25) is 10.0 Å². The molecule has 18 heavy (non-hydrogen) atoms. The van der Waals surface area contributed by atoms with E-state index >= 15 is 0 Å². The number of benzene rings is 2. The average Bonchev–Trinajstić information content (AvgIpc) is 2.32. The van der Waals surface area contributed by atoms with E-state index in [-0.39, 0.29) is 0 Å². The molecule has 0 bridgehead atoms. The minimum absolute atomic E-state index is 0.690. The zero-order chi connectivity index (χ0) is 13.1. The Labute approximate surface area is 133 Å². The van der Waals surface area contributed by atoms with E-state index in [2.05, 4.69) is 37.2 Å². The molecule has 5 heteroatoms. The summed E-state index contributed by atoms with van der Waals surface area (Å²) in [7, 11) is 0. The van der Waals surface area contributed by atoms with E-state index in [0.29, 0.717) is 11.6 Å². The normalized spacial score (nSPS) is 10.4. The number of nitrogens with one attached hydrogen (secondary N) is 1. The van der Waals surface area contributed by atoms with Crippen molar-refractivity contribution in [3.8, 4) is 0 Å². The highest BCUT2D eigenvalue weighted by molar-refractivity contribution is 9.10. The maximum absolute atomic E-state index is 6.03. The first-order valence-corrected chi connectivity index (χ1v) is 7.53. The van der Waals surface area contributed by atoms with Crippen LogP contribution in [0.15, 0.2) is 45.3 Å². The van der Waals surface area contributed by atoms with Crippen LogP contribution >= 0.6 is 55.1 Å². The molecule has 0 aliphatic rings. The third kappa shape index (κ3) is 3.64. The summed E-state index contributed by atoms with van der Waals surface area (Å²) < 4.78 is 1.88. The Balaban J connectivity index is 2.09. The lowest BCUT2D eigenvalue weighted by Crippen LogP contribution is -2.00. The summed E-state index contributed by atoms with van der Waals surface area (Å²) in [6.07, 6.45) is 0. The van der Waals surface area contributed by atoms with Gasteiger partial charge in [0.15, 0.2) is 0 Å². The van der Waals surface area contributed by atoms with Gasteiger partial charge in [-0.05, 0) is 51.8 Å². The lowest BCUT2D eigenvalue weighted by atomic mass is 10.2. The van der Waals surface area contributed by atoms with Crippen LogP contribution in [0.3, 0.4) is 0 Å². The third-order valence-corrected chi connectivity index (χ3v) is 4.62. The van der Waals surface area contributed by atoms with Crippen molar-refractivity contribution < 1.29 is 0 Å². The molecule has 1 N–H and O–H groups in total. The fraction of sp³-hybridized carbons (Fsp3) is 0.0769. The molecule has 0 saturated carbocycles.